The van der Waals surface area contributed by atoms with Gasteiger partial charge in [0.2, 0.25) is 0 Å². The van der Waals surface area contributed by atoms with E-state index in [4.69, 9.17) is 0 Å². The summed E-state index contributed by atoms with van der Waals surface area (Å²) in [6.45, 7) is 10.7. The maximum Gasteiger partial charge on any atom is 0.0739 e. The van der Waals surface area contributed by atoms with Crippen LogP contribution in [0, 0.1) is 6.92 Å². The molecule has 96 valence electrons. The first-order valence-electron chi connectivity index (χ1n) is 6.04. The lowest BCUT2D eigenvalue weighted by Crippen LogP contribution is -2.56. The Morgan fingerprint density at radius 2 is 2.18 bits per heavy atom. The number of hydrogen-bond donors (Lipinski definition) is 1. The van der Waals surface area contributed by atoms with Crippen molar-refractivity contribution in [2.45, 2.75) is 32.9 Å². The van der Waals surface area contributed by atoms with Crippen LogP contribution in [0.25, 0.3) is 0 Å². The number of rotatable bonds is 2. The summed E-state index contributed by atoms with van der Waals surface area (Å²) < 4.78 is 3.13. The Morgan fingerprint density at radius 1 is 1.47 bits per heavy atom. The molecule has 1 saturated heterocycles. The third-order valence-corrected chi connectivity index (χ3v) is 4.32. The van der Waals surface area contributed by atoms with E-state index in [9.17, 15) is 0 Å². The fraction of sp³-hybridized carbons (Fsp3) is 0.750. The standard InChI is InChI=1S/C12H21BrN4/c1-9-11(13)10(16(4)15-9)7-17-6-5-14-12(2,3)8-17/h14H,5-8H2,1-4H3. The minimum absolute atomic E-state index is 0.207. The van der Waals surface area contributed by atoms with Gasteiger partial charge in [-0.1, -0.05) is 0 Å². The number of nitrogens with zero attached hydrogens (tertiary/aromatic N) is 3. The average Bonchev–Trinajstić information content (AvgIpc) is 2.44. The minimum Gasteiger partial charge on any atom is -0.309 e. The largest absolute Gasteiger partial charge is 0.309 e. The second-order valence-electron chi connectivity index (χ2n) is 5.49. The van der Waals surface area contributed by atoms with E-state index in [-0.39, 0.29) is 5.54 Å². The Balaban J connectivity index is 2.10. The summed E-state index contributed by atoms with van der Waals surface area (Å²) in [7, 11) is 2.01. The molecule has 1 aliphatic rings. The van der Waals surface area contributed by atoms with Crippen LogP contribution in [0.5, 0.6) is 0 Å². The van der Waals surface area contributed by atoms with Crippen molar-refractivity contribution >= 4 is 15.9 Å². The first-order chi connectivity index (χ1) is 7.89. The molecule has 5 heteroatoms. The molecular weight excluding hydrogens is 280 g/mol. The molecule has 0 aromatic carbocycles. The SMILES string of the molecule is Cc1nn(C)c(CN2CCNC(C)(C)C2)c1Br. The van der Waals surface area contributed by atoms with Gasteiger partial charge in [0.1, 0.15) is 0 Å². The number of aryl methyl sites for hydroxylation is 2. The molecule has 0 atom stereocenters. The smallest absolute Gasteiger partial charge is 0.0739 e. The molecule has 0 spiro atoms. The van der Waals surface area contributed by atoms with Crippen molar-refractivity contribution in [1.82, 2.24) is 20.0 Å². The zero-order chi connectivity index (χ0) is 12.6. The maximum atomic E-state index is 4.44. The van der Waals surface area contributed by atoms with Crippen LogP contribution in [-0.2, 0) is 13.6 Å². The lowest BCUT2D eigenvalue weighted by Gasteiger charge is -2.39. The van der Waals surface area contributed by atoms with Gasteiger partial charge in [-0.05, 0) is 36.7 Å². The molecule has 0 bridgehead atoms. The van der Waals surface area contributed by atoms with E-state index in [1.165, 1.54) is 5.69 Å². The van der Waals surface area contributed by atoms with Crippen molar-refractivity contribution in [3.05, 3.63) is 15.9 Å². The Labute approximate surface area is 111 Å². The zero-order valence-electron chi connectivity index (χ0n) is 11.0. The van der Waals surface area contributed by atoms with Gasteiger partial charge in [-0.2, -0.15) is 5.10 Å². The maximum absolute atomic E-state index is 4.44. The molecule has 2 rings (SSSR count). The first kappa shape index (κ1) is 13.1. The zero-order valence-corrected chi connectivity index (χ0v) is 12.6. The highest BCUT2D eigenvalue weighted by molar-refractivity contribution is 9.10. The highest BCUT2D eigenvalue weighted by atomic mass is 79.9. The van der Waals surface area contributed by atoms with E-state index in [1.807, 2.05) is 18.7 Å². The normalized spacial score (nSPS) is 20.8. The Kier molecular flexibility index (Phi) is 3.61. The molecule has 1 N–H and O–H groups in total. The van der Waals surface area contributed by atoms with Crippen LogP contribution in [0.15, 0.2) is 4.47 Å². The lowest BCUT2D eigenvalue weighted by molar-refractivity contribution is 0.145. The predicted octanol–water partition coefficient (Wildman–Crippen LogP) is 1.67. The van der Waals surface area contributed by atoms with Gasteiger partial charge >= 0.3 is 0 Å². The van der Waals surface area contributed by atoms with E-state index in [0.717, 1.165) is 36.3 Å². The van der Waals surface area contributed by atoms with Gasteiger partial charge in [-0.3, -0.25) is 9.58 Å². The van der Waals surface area contributed by atoms with Crippen LogP contribution in [0.2, 0.25) is 0 Å². The third-order valence-electron chi connectivity index (χ3n) is 3.29. The van der Waals surface area contributed by atoms with Gasteiger partial charge in [-0.25, -0.2) is 0 Å². The molecule has 0 saturated carbocycles. The molecule has 17 heavy (non-hydrogen) atoms. The van der Waals surface area contributed by atoms with E-state index >= 15 is 0 Å². The van der Waals surface area contributed by atoms with Crippen LogP contribution in [0.1, 0.15) is 25.2 Å². The molecule has 1 fully saturated rings. The van der Waals surface area contributed by atoms with Crippen molar-refractivity contribution in [3.8, 4) is 0 Å². The fourth-order valence-electron chi connectivity index (χ4n) is 2.45. The van der Waals surface area contributed by atoms with Crippen molar-refractivity contribution in [1.29, 1.82) is 0 Å². The summed E-state index contributed by atoms with van der Waals surface area (Å²) in [4.78, 5) is 2.48. The molecule has 0 amide bonds. The van der Waals surface area contributed by atoms with E-state index in [2.05, 4.69) is 45.1 Å². The minimum atomic E-state index is 0.207. The highest BCUT2D eigenvalue weighted by Gasteiger charge is 2.26. The summed E-state index contributed by atoms with van der Waals surface area (Å²) in [5.74, 6) is 0. The molecule has 0 unspecified atom stereocenters. The van der Waals surface area contributed by atoms with Gasteiger partial charge in [0.15, 0.2) is 0 Å². The molecule has 1 aromatic rings. The number of halogens is 1. The molecule has 2 heterocycles. The number of piperazine rings is 1. The highest BCUT2D eigenvalue weighted by Crippen LogP contribution is 2.23. The van der Waals surface area contributed by atoms with Crippen LogP contribution in [-0.4, -0.2) is 39.9 Å². The third kappa shape index (κ3) is 2.89. The second kappa shape index (κ2) is 4.71. The van der Waals surface area contributed by atoms with Gasteiger partial charge in [0, 0.05) is 38.8 Å². The van der Waals surface area contributed by atoms with Crippen LogP contribution >= 0.6 is 15.9 Å². The summed E-state index contributed by atoms with van der Waals surface area (Å²) in [6, 6.07) is 0. The summed E-state index contributed by atoms with van der Waals surface area (Å²) in [5, 5.41) is 7.97. The summed E-state index contributed by atoms with van der Waals surface area (Å²) >= 11 is 3.63. The molecular formula is C12H21BrN4. The molecule has 4 nitrogen and oxygen atoms in total. The van der Waals surface area contributed by atoms with Gasteiger partial charge < -0.3 is 5.32 Å². The van der Waals surface area contributed by atoms with Gasteiger partial charge in [0.25, 0.3) is 0 Å². The molecule has 0 radical (unpaired) electrons. The van der Waals surface area contributed by atoms with Crippen molar-refractivity contribution in [2.24, 2.45) is 7.05 Å². The molecule has 1 aromatic heterocycles. The molecule has 0 aliphatic carbocycles. The topological polar surface area (TPSA) is 33.1 Å². The quantitative estimate of drug-likeness (QED) is 0.902. The van der Waals surface area contributed by atoms with Crippen molar-refractivity contribution in [3.63, 3.8) is 0 Å². The van der Waals surface area contributed by atoms with E-state index < -0.39 is 0 Å². The number of nitrogens with one attached hydrogen (secondary N) is 1. The van der Waals surface area contributed by atoms with Crippen molar-refractivity contribution in [2.75, 3.05) is 19.6 Å². The summed E-state index contributed by atoms with van der Waals surface area (Å²) in [5.41, 5.74) is 2.54. The van der Waals surface area contributed by atoms with Crippen molar-refractivity contribution < 1.29 is 0 Å². The Morgan fingerprint density at radius 3 is 2.71 bits per heavy atom. The van der Waals surface area contributed by atoms with Gasteiger partial charge in [-0.15, -0.1) is 0 Å². The second-order valence-corrected chi connectivity index (χ2v) is 6.28. The van der Waals surface area contributed by atoms with E-state index in [0.29, 0.717) is 0 Å². The lowest BCUT2D eigenvalue weighted by atomic mass is 10.0. The van der Waals surface area contributed by atoms with Crippen LogP contribution in [0.4, 0.5) is 0 Å². The average molecular weight is 301 g/mol. The predicted molar refractivity (Wildman–Crippen MR) is 73.0 cm³/mol. The van der Waals surface area contributed by atoms with Crippen LogP contribution < -0.4 is 5.32 Å². The van der Waals surface area contributed by atoms with Gasteiger partial charge in [0.05, 0.1) is 15.9 Å². The molecule has 1 aliphatic heterocycles. The van der Waals surface area contributed by atoms with E-state index in [1.54, 1.807) is 0 Å². The Bertz CT molecular complexity index is 411. The van der Waals surface area contributed by atoms with Crippen LogP contribution in [0.3, 0.4) is 0 Å². The first-order valence-corrected chi connectivity index (χ1v) is 6.84. The summed E-state index contributed by atoms with van der Waals surface area (Å²) in [6.07, 6.45) is 0. The monoisotopic (exact) mass is 300 g/mol. The number of hydrogen-bond acceptors (Lipinski definition) is 3. The Hall–Kier alpha value is -0.390. The number of aromatic nitrogens is 2. The fourth-order valence-corrected chi connectivity index (χ4v) is 2.91.